The van der Waals surface area contributed by atoms with E-state index in [4.69, 9.17) is 0 Å². The lowest BCUT2D eigenvalue weighted by Crippen LogP contribution is -2.61. The molecule has 1 aliphatic heterocycles. The number of rotatable bonds is 3. The Bertz CT molecular complexity index is 741. The zero-order valence-corrected chi connectivity index (χ0v) is 15.5. The Morgan fingerprint density at radius 3 is 2.54 bits per heavy atom. The van der Waals surface area contributed by atoms with Gasteiger partial charge in [0.05, 0.1) is 5.60 Å². The molecule has 4 fully saturated rings. The van der Waals surface area contributed by atoms with E-state index in [2.05, 4.69) is 6.07 Å². The third kappa shape index (κ3) is 2.77. The molecule has 0 unspecified atom stereocenters. The summed E-state index contributed by atoms with van der Waals surface area (Å²) in [5.74, 6) is 1.12. The molecule has 1 saturated heterocycles. The Morgan fingerprint density at radius 2 is 1.88 bits per heavy atom. The van der Waals surface area contributed by atoms with Crippen molar-refractivity contribution in [2.45, 2.75) is 69.3 Å². The number of halogens is 1. The van der Waals surface area contributed by atoms with Gasteiger partial charge in [-0.15, -0.1) is 0 Å². The summed E-state index contributed by atoms with van der Waals surface area (Å²) in [4.78, 5) is 14.5. The van der Waals surface area contributed by atoms with Crippen LogP contribution in [-0.2, 0) is 4.79 Å². The van der Waals surface area contributed by atoms with Crippen LogP contribution in [0, 0.1) is 17.2 Å². The number of benzene rings is 1. The molecule has 0 bridgehead atoms. The SMILES string of the molecule is CC1(O)CC(C(=O)N2CC3(CC[C@@H](c4cc(C5CC5)ccc4F)C3)C2)C1. The zero-order valence-electron chi connectivity index (χ0n) is 15.5. The molecule has 1 aromatic rings. The van der Waals surface area contributed by atoms with Crippen molar-refractivity contribution >= 4 is 5.91 Å². The van der Waals surface area contributed by atoms with E-state index in [1.807, 2.05) is 11.0 Å². The van der Waals surface area contributed by atoms with Crippen molar-refractivity contribution < 1.29 is 14.3 Å². The molecule has 3 aliphatic carbocycles. The molecule has 4 heteroatoms. The topological polar surface area (TPSA) is 40.5 Å². The molecule has 0 radical (unpaired) electrons. The Kier molecular flexibility index (Phi) is 3.57. The number of likely N-dealkylation sites (tertiary alicyclic amines) is 1. The van der Waals surface area contributed by atoms with Gasteiger partial charge >= 0.3 is 0 Å². The molecule has 1 heterocycles. The third-order valence-corrected chi connectivity index (χ3v) is 7.30. The summed E-state index contributed by atoms with van der Waals surface area (Å²) in [6.07, 6.45) is 6.80. The molecule has 1 N–H and O–H groups in total. The quantitative estimate of drug-likeness (QED) is 0.889. The second-order valence-corrected chi connectivity index (χ2v) is 9.79. The summed E-state index contributed by atoms with van der Waals surface area (Å²) in [5, 5.41) is 9.86. The number of hydrogen-bond acceptors (Lipinski definition) is 2. The van der Waals surface area contributed by atoms with Gasteiger partial charge in [0.25, 0.3) is 0 Å². The van der Waals surface area contributed by atoms with Crippen LogP contribution in [0.3, 0.4) is 0 Å². The fourth-order valence-electron chi connectivity index (χ4n) is 5.66. The van der Waals surface area contributed by atoms with Crippen molar-refractivity contribution in [1.82, 2.24) is 4.90 Å². The molecule has 1 amide bonds. The molecular formula is C22H28FNO2. The van der Waals surface area contributed by atoms with Crippen LogP contribution in [-0.4, -0.2) is 34.6 Å². The Hall–Kier alpha value is -1.42. The van der Waals surface area contributed by atoms with Crippen molar-refractivity contribution in [3.8, 4) is 0 Å². The maximum atomic E-state index is 14.4. The van der Waals surface area contributed by atoms with Gasteiger partial charge in [-0.2, -0.15) is 0 Å². The van der Waals surface area contributed by atoms with E-state index in [9.17, 15) is 14.3 Å². The van der Waals surface area contributed by atoms with Crippen LogP contribution in [0.5, 0.6) is 0 Å². The van der Waals surface area contributed by atoms with Crippen LogP contribution in [0.15, 0.2) is 18.2 Å². The normalized spacial score (nSPS) is 35.3. The summed E-state index contributed by atoms with van der Waals surface area (Å²) in [7, 11) is 0. The fraction of sp³-hybridized carbons (Fsp3) is 0.682. The van der Waals surface area contributed by atoms with Gasteiger partial charge < -0.3 is 10.0 Å². The number of hydrogen-bond donors (Lipinski definition) is 1. The van der Waals surface area contributed by atoms with Crippen LogP contribution in [0.1, 0.15) is 74.8 Å². The monoisotopic (exact) mass is 357 g/mol. The van der Waals surface area contributed by atoms with Gasteiger partial charge in [0.15, 0.2) is 0 Å². The van der Waals surface area contributed by atoms with E-state index in [1.165, 1.54) is 18.4 Å². The van der Waals surface area contributed by atoms with Crippen molar-refractivity contribution in [3.63, 3.8) is 0 Å². The van der Waals surface area contributed by atoms with Gasteiger partial charge in [-0.25, -0.2) is 4.39 Å². The van der Waals surface area contributed by atoms with Gasteiger partial charge in [0.1, 0.15) is 5.82 Å². The smallest absolute Gasteiger partial charge is 0.225 e. The van der Waals surface area contributed by atoms with E-state index in [0.717, 1.165) is 37.9 Å². The van der Waals surface area contributed by atoms with Crippen LogP contribution in [0.25, 0.3) is 0 Å². The second kappa shape index (κ2) is 5.54. The lowest BCUT2D eigenvalue weighted by atomic mass is 9.69. The summed E-state index contributed by atoms with van der Waals surface area (Å²) in [6, 6.07) is 5.74. The molecule has 140 valence electrons. The predicted octanol–water partition coefficient (Wildman–Crippen LogP) is 3.96. The van der Waals surface area contributed by atoms with Crippen LogP contribution < -0.4 is 0 Å². The molecule has 4 aliphatic rings. The first kappa shape index (κ1) is 16.7. The molecule has 1 atom stereocenters. The molecule has 0 aromatic heterocycles. The summed E-state index contributed by atoms with van der Waals surface area (Å²) in [5.41, 5.74) is 1.77. The van der Waals surface area contributed by atoms with E-state index < -0.39 is 5.60 Å². The van der Waals surface area contributed by atoms with Crippen LogP contribution >= 0.6 is 0 Å². The minimum atomic E-state index is -0.647. The van der Waals surface area contributed by atoms with Gasteiger partial charge in [-0.05, 0) is 80.9 Å². The molecule has 26 heavy (non-hydrogen) atoms. The van der Waals surface area contributed by atoms with Crippen molar-refractivity contribution in [2.75, 3.05) is 13.1 Å². The van der Waals surface area contributed by atoms with Crippen molar-refractivity contribution in [3.05, 3.63) is 35.1 Å². The lowest BCUT2D eigenvalue weighted by molar-refractivity contribution is -0.161. The first-order valence-electron chi connectivity index (χ1n) is 10.1. The highest BCUT2D eigenvalue weighted by atomic mass is 19.1. The highest BCUT2D eigenvalue weighted by Crippen LogP contribution is 2.53. The van der Waals surface area contributed by atoms with E-state index >= 15 is 0 Å². The molecule has 5 rings (SSSR count). The van der Waals surface area contributed by atoms with E-state index in [1.54, 1.807) is 13.0 Å². The minimum Gasteiger partial charge on any atom is -0.390 e. The highest BCUT2D eigenvalue weighted by molar-refractivity contribution is 5.81. The third-order valence-electron chi connectivity index (χ3n) is 7.30. The molecule has 3 saturated carbocycles. The molecule has 1 spiro atoms. The largest absolute Gasteiger partial charge is 0.390 e. The van der Waals surface area contributed by atoms with Crippen LogP contribution in [0.2, 0.25) is 0 Å². The number of aliphatic hydroxyl groups is 1. The summed E-state index contributed by atoms with van der Waals surface area (Å²) in [6.45, 7) is 3.45. The molecule has 1 aromatic carbocycles. The average Bonchev–Trinajstić information content (AvgIpc) is 3.29. The van der Waals surface area contributed by atoms with Gasteiger partial charge in [-0.3, -0.25) is 4.79 Å². The number of amides is 1. The Labute approximate surface area is 154 Å². The Balaban J connectivity index is 1.22. The van der Waals surface area contributed by atoms with E-state index in [-0.39, 0.29) is 23.1 Å². The van der Waals surface area contributed by atoms with Gasteiger partial charge in [0.2, 0.25) is 5.91 Å². The maximum absolute atomic E-state index is 14.4. The first-order chi connectivity index (χ1) is 12.3. The van der Waals surface area contributed by atoms with Crippen molar-refractivity contribution in [1.29, 1.82) is 0 Å². The number of carbonyl (C=O) groups excluding carboxylic acids is 1. The standard InChI is InChI=1S/C22H28FNO2/c1-21(26)9-17(10-21)20(25)24-12-22(13-24)7-6-16(11-22)18-8-15(14-2-3-14)4-5-19(18)23/h4-5,8,14,16-17,26H,2-3,6-7,9-13H2,1H3/t16-,17?,21?/m1/s1. The molecular weight excluding hydrogens is 329 g/mol. The van der Waals surface area contributed by atoms with Crippen molar-refractivity contribution in [2.24, 2.45) is 11.3 Å². The molecule has 3 nitrogen and oxygen atoms in total. The first-order valence-corrected chi connectivity index (χ1v) is 10.1. The minimum absolute atomic E-state index is 0.00668. The summed E-state index contributed by atoms with van der Waals surface area (Å²) >= 11 is 0. The number of nitrogens with zero attached hydrogens (tertiary/aromatic N) is 1. The predicted molar refractivity (Wildman–Crippen MR) is 97.3 cm³/mol. The summed E-state index contributed by atoms with van der Waals surface area (Å²) < 4.78 is 14.4. The average molecular weight is 357 g/mol. The van der Waals surface area contributed by atoms with Gasteiger partial charge in [0, 0.05) is 24.4 Å². The maximum Gasteiger partial charge on any atom is 0.225 e. The lowest BCUT2D eigenvalue weighted by Gasteiger charge is -2.52. The van der Waals surface area contributed by atoms with E-state index in [0.29, 0.717) is 24.7 Å². The van der Waals surface area contributed by atoms with Crippen LogP contribution in [0.4, 0.5) is 4.39 Å². The Morgan fingerprint density at radius 1 is 1.15 bits per heavy atom. The highest BCUT2D eigenvalue weighted by Gasteiger charge is 2.53. The number of carbonyl (C=O) groups is 1. The second-order valence-electron chi connectivity index (χ2n) is 9.79. The fourth-order valence-corrected chi connectivity index (χ4v) is 5.66. The zero-order chi connectivity index (χ0) is 18.1. The van der Waals surface area contributed by atoms with Gasteiger partial charge in [-0.1, -0.05) is 12.1 Å².